The molecule has 0 aliphatic heterocycles. The highest BCUT2D eigenvalue weighted by Gasteiger charge is 2.15. The minimum atomic E-state index is -0.471. The van der Waals surface area contributed by atoms with E-state index in [1.807, 2.05) is 6.92 Å². The highest BCUT2D eigenvalue weighted by molar-refractivity contribution is 6.00. The fraction of sp³-hybridized carbons (Fsp3) is 0.333. The maximum atomic E-state index is 11.9. The van der Waals surface area contributed by atoms with Gasteiger partial charge in [-0.3, -0.25) is 9.59 Å². The molecule has 98 valence electrons. The van der Waals surface area contributed by atoms with Gasteiger partial charge in [-0.1, -0.05) is 0 Å². The summed E-state index contributed by atoms with van der Waals surface area (Å²) in [6, 6.07) is 4.92. The summed E-state index contributed by atoms with van der Waals surface area (Å²) >= 11 is 0. The Bertz CT molecular complexity index is 459. The standard InChI is InChI=1S/C12H18N4O2/c1-3-15-12(18)9-5-4-8(13)6-10(9)16(2)7-11(14)17/h4-6H,3,7,13H2,1-2H3,(H2,14,17)(H,15,18). The fourth-order valence-corrected chi connectivity index (χ4v) is 1.63. The maximum Gasteiger partial charge on any atom is 0.253 e. The molecule has 0 saturated heterocycles. The van der Waals surface area contributed by atoms with Crippen LogP contribution in [0, 0.1) is 0 Å². The van der Waals surface area contributed by atoms with Gasteiger partial charge in [0.05, 0.1) is 17.8 Å². The molecule has 0 spiro atoms. The normalized spacial score (nSPS) is 9.89. The first-order valence-corrected chi connectivity index (χ1v) is 5.62. The van der Waals surface area contributed by atoms with E-state index in [1.165, 1.54) is 0 Å². The molecule has 1 rings (SSSR count). The maximum absolute atomic E-state index is 11.9. The molecule has 2 amide bonds. The van der Waals surface area contributed by atoms with Gasteiger partial charge in [-0.2, -0.15) is 0 Å². The van der Waals surface area contributed by atoms with Crippen LogP contribution < -0.4 is 21.7 Å². The topological polar surface area (TPSA) is 101 Å². The number of hydrogen-bond acceptors (Lipinski definition) is 4. The van der Waals surface area contributed by atoms with Gasteiger partial charge in [-0.25, -0.2) is 0 Å². The smallest absolute Gasteiger partial charge is 0.253 e. The Hall–Kier alpha value is -2.24. The number of nitrogens with zero attached hydrogens (tertiary/aromatic N) is 1. The second-order valence-electron chi connectivity index (χ2n) is 3.96. The predicted octanol–water partition coefficient (Wildman–Crippen LogP) is -0.0600. The summed E-state index contributed by atoms with van der Waals surface area (Å²) in [7, 11) is 1.68. The number of rotatable bonds is 5. The molecule has 0 bridgehead atoms. The third-order valence-electron chi connectivity index (χ3n) is 2.41. The summed E-state index contributed by atoms with van der Waals surface area (Å²) in [5.41, 5.74) is 12.4. The molecule has 1 aromatic rings. The molecule has 0 unspecified atom stereocenters. The molecule has 0 radical (unpaired) electrons. The van der Waals surface area contributed by atoms with Crippen LogP contribution in [0.3, 0.4) is 0 Å². The van der Waals surface area contributed by atoms with Gasteiger partial charge in [0.1, 0.15) is 0 Å². The molecular formula is C12H18N4O2. The SMILES string of the molecule is CCNC(=O)c1ccc(N)cc1N(C)CC(N)=O. The zero-order valence-electron chi connectivity index (χ0n) is 10.6. The van der Waals surface area contributed by atoms with Crippen molar-refractivity contribution in [3.8, 4) is 0 Å². The number of amides is 2. The summed E-state index contributed by atoms with van der Waals surface area (Å²) in [4.78, 5) is 24.4. The van der Waals surface area contributed by atoms with Crippen LogP contribution in [0.25, 0.3) is 0 Å². The number of nitrogen functional groups attached to an aromatic ring is 1. The van der Waals surface area contributed by atoms with E-state index in [0.717, 1.165) is 0 Å². The molecule has 6 heteroatoms. The number of carbonyl (C=O) groups excluding carboxylic acids is 2. The number of nitrogens with two attached hydrogens (primary N) is 2. The molecule has 0 aliphatic carbocycles. The van der Waals surface area contributed by atoms with Gasteiger partial charge in [0.25, 0.3) is 5.91 Å². The molecule has 0 aliphatic rings. The first-order valence-electron chi connectivity index (χ1n) is 5.62. The number of likely N-dealkylation sites (N-methyl/N-ethyl adjacent to an activating group) is 1. The molecule has 18 heavy (non-hydrogen) atoms. The van der Waals surface area contributed by atoms with Crippen LogP contribution in [0.4, 0.5) is 11.4 Å². The zero-order valence-corrected chi connectivity index (χ0v) is 10.6. The van der Waals surface area contributed by atoms with E-state index in [2.05, 4.69) is 5.32 Å². The van der Waals surface area contributed by atoms with Crippen molar-refractivity contribution in [2.24, 2.45) is 5.73 Å². The van der Waals surface area contributed by atoms with Gasteiger partial charge in [-0.05, 0) is 25.1 Å². The van der Waals surface area contributed by atoms with Crippen molar-refractivity contribution in [2.45, 2.75) is 6.92 Å². The van der Waals surface area contributed by atoms with E-state index < -0.39 is 5.91 Å². The number of carbonyl (C=O) groups is 2. The molecule has 0 fully saturated rings. The second kappa shape index (κ2) is 5.90. The first-order chi connectivity index (χ1) is 8.45. The van der Waals surface area contributed by atoms with Crippen molar-refractivity contribution in [1.29, 1.82) is 0 Å². The van der Waals surface area contributed by atoms with E-state index in [9.17, 15) is 9.59 Å². The van der Waals surface area contributed by atoms with Crippen molar-refractivity contribution in [3.05, 3.63) is 23.8 Å². The Morgan fingerprint density at radius 2 is 2.06 bits per heavy atom. The molecule has 6 nitrogen and oxygen atoms in total. The van der Waals surface area contributed by atoms with Gasteiger partial charge >= 0.3 is 0 Å². The Morgan fingerprint density at radius 3 is 2.61 bits per heavy atom. The van der Waals surface area contributed by atoms with Crippen molar-refractivity contribution >= 4 is 23.2 Å². The molecule has 5 N–H and O–H groups in total. The predicted molar refractivity (Wildman–Crippen MR) is 71.3 cm³/mol. The lowest BCUT2D eigenvalue weighted by atomic mass is 10.1. The van der Waals surface area contributed by atoms with E-state index in [1.54, 1.807) is 30.1 Å². The minimum absolute atomic E-state index is 0.0237. The van der Waals surface area contributed by atoms with Crippen LogP contribution in [0.5, 0.6) is 0 Å². The number of benzene rings is 1. The second-order valence-corrected chi connectivity index (χ2v) is 3.96. The lowest BCUT2D eigenvalue weighted by molar-refractivity contribution is -0.116. The van der Waals surface area contributed by atoms with Gasteiger partial charge < -0.3 is 21.7 Å². The Balaban J connectivity index is 3.10. The lowest BCUT2D eigenvalue weighted by Crippen LogP contribution is -2.33. The highest BCUT2D eigenvalue weighted by Crippen LogP contribution is 2.22. The van der Waals surface area contributed by atoms with Crippen LogP contribution in [-0.4, -0.2) is 32.0 Å². The van der Waals surface area contributed by atoms with Crippen LogP contribution in [0.15, 0.2) is 18.2 Å². The van der Waals surface area contributed by atoms with Gasteiger partial charge in [0.2, 0.25) is 5.91 Å². The summed E-state index contributed by atoms with van der Waals surface area (Å²) in [5, 5.41) is 2.71. The molecule has 0 saturated carbocycles. The number of primary amides is 1. The van der Waals surface area contributed by atoms with Crippen LogP contribution in [0.2, 0.25) is 0 Å². The monoisotopic (exact) mass is 250 g/mol. The third-order valence-corrected chi connectivity index (χ3v) is 2.41. The fourth-order valence-electron chi connectivity index (χ4n) is 1.63. The number of anilines is 2. The summed E-state index contributed by atoms with van der Waals surface area (Å²) < 4.78 is 0. The highest BCUT2D eigenvalue weighted by atomic mass is 16.2. The van der Waals surface area contributed by atoms with E-state index in [0.29, 0.717) is 23.5 Å². The molecule has 1 aromatic carbocycles. The molecule has 0 atom stereocenters. The Kier molecular flexibility index (Phi) is 4.53. The number of hydrogen-bond donors (Lipinski definition) is 3. The van der Waals surface area contributed by atoms with Gasteiger partial charge in [0.15, 0.2) is 0 Å². The summed E-state index contributed by atoms with van der Waals surface area (Å²) in [6.45, 7) is 2.39. The third kappa shape index (κ3) is 3.38. The van der Waals surface area contributed by atoms with E-state index in [-0.39, 0.29) is 12.5 Å². The first kappa shape index (κ1) is 13.8. The zero-order chi connectivity index (χ0) is 13.7. The Labute approximate surface area is 106 Å². The molecule has 0 aromatic heterocycles. The van der Waals surface area contributed by atoms with Crippen molar-refractivity contribution in [2.75, 3.05) is 30.8 Å². The number of nitrogens with one attached hydrogen (secondary N) is 1. The van der Waals surface area contributed by atoms with E-state index in [4.69, 9.17) is 11.5 Å². The van der Waals surface area contributed by atoms with Crippen LogP contribution in [0.1, 0.15) is 17.3 Å². The summed E-state index contributed by atoms with van der Waals surface area (Å²) in [6.07, 6.45) is 0. The van der Waals surface area contributed by atoms with Gasteiger partial charge in [-0.15, -0.1) is 0 Å². The van der Waals surface area contributed by atoms with Crippen molar-refractivity contribution < 1.29 is 9.59 Å². The average molecular weight is 250 g/mol. The molecular weight excluding hydrogens is 232 g/mol. The molecule has 0 heterocycles. The Morgan fingerprint density at radius 1 is 1.39 bits per heavy atom. The largest absolute Gasteiger partial charge is 0.399 e. The lowest BCUT2D eigenvalue weighted by Gasteiger charge is -2.21. The quantitative estimate of drug-likeness (QED) is 0.637. The van der Waals surface area contributed by atoms with E-state index >= 15 is 0 Å². The van der Waals surface area contributed by atoms with Gasteiger partial charge in [0, 0.05) is 19.3 Å². The minimum Gasteiger partial charge on any atom is -0.399 e. The van der Waals surface area contributed by atoms with Crippen LogP contribution >= 0.6 is 0 Å². The summed E-state index contributed by atoms with van der Waals surface area (Å²) in [5.74, 6) is -0.675. The van der Waals surface area contributed by atoms with Crippen LogP contribution in [-0.2, 0) is 4.79 Å². The average Bonchev–Trinajstić information content (AvgIpc) is 2.28. The van der Waals surface area contributed by atoms with Crippen molar-refractivity contribution in [3.63, 3.8) is 0 Å². The van der Waals surface area contributed by atoms with Crippen molar-refractivity contribution in [1.82, 2.24) is 5.32 Å².